The summed E-state index contributed by atoms with van der Waals surface area (Å²) in [6, 6.07) is 8.62. The van der Waals surface area contributed by atoms with Crippen LogP contribution in [0.4, 0.5) is 0 Å². The number of nitrogens with one attached hydrogen (secondary N) is 1. The number of esters is 1. The van der Waals surface area contributed by atoms with Gasteiger partial charge in [-0.2, -0.15) is 0 Å². The molecule has 0 bridgehead atoms. The fourth-order valence-electron chi connectivity index (χ4n) is 2.56. The number of carbonyl (C=O) groups excluding carboxylic acids is 2. The molecule has 3 atom stereocenters. The Bertz CT molecular complexity index is 505. The molecular formula is C16H21NO5. The van der Waals surface area contributed by atoms with Crippen molar-refractivity contribution in [1.29, 1.82) is 0 Å². The predicted molar refractivity (Wildman–Crippen MR) is 79.3 cm³/mol. The standard InChI is InChI=1S/C16H21NO5/c1-21-15(19)9-12-7-8-13(14(10-18)22-12)17-16(20)11-5-3-2-4-6-11/h2-6,12-14,18H,7-10H2,1H3,(H,17,20)/t12-,13+,14+/m0/s1. The van der Waals surface area contributed by atoms with Crippen molar-refractivity contribution < 1.29 is 24.2 Å². The van der Waals surface area contributed by atoms with Crippen LogP contribution in [0.15, 0.2) is 30.3 Å². The molecule has 1 aliphatic heterocycles. The minimum atomic E-state index is -0.518. The highest BCUT2D eigenvalue weighted by molar-refractivity contribution is 5.94. The third kappa shape index (κ3) is 4.29. The SMILES string of the molecule is COC(=O)C[C@@H]1CC[C@@H](NC(=O)c2ccccc2)[C@@H](CO)O1. The van der Waals surface area contributed by atoms with E-state index in [1.54, 1.807) is 24.3 Å². The number of ether oxygens (including phenoxy) is 2. The number of hydrogen-bond donors (Lipinski definition) is 2. The summed E-state index contributed by atoms with van der Waals surface area (Å²) in [7, 11) is 1.33. The van der Waals surface area contributed by atoms with Gasteiger partial charge in [0.05, 0.1) is 32.3 Å². The second kappa shape index (κ2) is 7.91. The molecule has 6 nitrogen and oxygen atoms in total. The first kappa shape index (κ1) is 16.5. The number of aliphatic hydroxyl groups excluding tert-OH is 1. The average molecular weight is 307 g/mol. The maximum Gasteiger partial charge on any atom is 0.308 e. The minimum Gasteiger partial charge on any atom is -0.469 e. The van der Waals surface area contributed by atoms with E-state index in [-0.39, 0.29) is 37.0 Å². The maximum absolute atomic E-state index is 12.2. The molecule has 0 saturated carbocycles. The van der Waals surface area contributed by atoms with Gasteiger partial charge < -0.3 is 19.9 Å². The van der Waals surface area contributed by atoms with Gasteiger partial charge in [0, 0.05) is 5.56 Å². The Morgan fingerprint density at radius 2 is 2.05 bits per heavy atom. The Kier molecular flexibility index (Phi) is 5.91. The summed E-state index contributed by atoms with van der Waals surface area (Å²) in [5.74, 6) is -0.535. The van der Waals surface area contributed by atoms with Gasteiger partial charge in [-0.15, -0.1) is 0 Å². The van der Waals surface area contributed by atoms with Gasteiger partial charge in [-0.05, 0) is 25.0 Å². The van der Waals surface area contributed by atoms with Crippen LogP contribution in [0.1, 0.15) is 29.6 Å². The Balaban J connectivity index is 1.92. The van der Waals surface area contributed by atoms with Crippen molar-refractivity contribution in [3.8, 4) is 0 Å². The number of hydrogen-bond acceptors (Lipinski definition) is 5. The molecule has 0 unspecified atom stereocenters. The lowest BCUT2D eigenvalue weighted by Gasteiger charge is -2.35. The van der Waals surface area contributed by atoms with Gasteiger partial charge in [-0.25, -0.2) is 0 Å². The Morgan fingerprint density at radius 3 is 2.68 bits per heavy atom. The van der Waals surface area contributed by atoms with Crippen molar-refractivity contribution in [3.05, 3.63) is 35.9 Å². The third-order valence-electron chi connectivity index (χ3n) is 3.77. The monoisotopic (exact) mass is 307 g/mol. The maximum atomic E-state index is 12.2. The number of rotatable bonds is 5. The van der Waals surface area contributed by atoms with Crippen LogP contribution in [0.5, 0.6) is 0 Å². The molecule has 1 heterocycles. The smallest absolute Gasteiger partial charge is 0.308 e. The van der Waals surface area contributed by atoms with Crippen LogP contribution in [0, 0.1) is 0 Å². The van der Waals surface area contributed by atoms with Crippen LogP contribution in [-0.2, 0) is 14.3 Å². The zero-order valence-electron chi connectivity index (χ0n) is 12.5. The largest absolute Gasteiger partial charge is 0.469 e. The number of amides is 1. The number of carbonyl (C=O) groups is 2. The van der Waals surface area contributed by atoms with Crippen LogP contribution in [-0.4, -0.2) is 48.9 Å². The molecule has 2 rings (SSSR count). The molecule has 1 amide bonds. The van der Waals surface area contributed by atoms with E-state index in [1.165, 1.54) is 7.11 Å². The lowest BCUT2D eigenvalue weighted by Crippen LogP contribution is -2.51. The molecule has 0 aliphatic carbocycles. The van der Waals surface area contributed by atoms with E-state index >= 15 is 0 Å². The summed E-state index contributed by atoms with van der Waals surface area (Å²) in [5.41, 5.74) is 0.566. The van der Waals surface area contributed by atoms with Gasteiger partial charge in [0.15, 0.2) is 0 Å². The zero-order chi connectivity index (χ0) is 15.9. The molecule has 1 fully saturated rings. The Labute approximate surface area is 129 Å². The first-order chi connectivity index (χ1) is 10.6. The van der Waals surface area contributed by atoms with Gasteiger partial charge >= 0.3 is 5.97 Å². The molecule has 1 aromatic rings. The van der Waals surface area contributed by atoms with E-state index in [4.69, 9.17) is 4.74 Å². The van der Waals surface area contributed by atoms with Crippen molar-refractivity contribution in [2.75, 3.05) is 13.7 Å². The predicted octanol–water partition coefficient (Wildman–Crippen LogP) is 0.888. The quantitative estimate of drug-likeness (QED) is 0.789. The van der Waals surface area contributed by atoms with Gasteiger partial charge in [0.2, 0.25) is 0 Å². The number of aliphatic hydroxyl groups is 1. The Morgan fingerprint density at radius 1 is 1.32 bits per heavy atom. The average Bonchev–Trinajstić information content (AvgIpc) is 2.56. The highest BCUT2D eigenvalue weighted by atomic mass is 16.5. The van der Waals surface area contributed by atoms with Crippen LogP contribution >= 0.6 is 0 Å². The molecule has 0 aromatic heterocycles. The van der Waals surface area contributed by atoms with Gasteiger partial charge in [-0.1, -0.05) is 18.2 Å². The van der Waals surface area contributed by atoms with Crippen LogP contribution in [0.2, 0.25) is 0 Å². The summed E-state index contributed by atoms with van der Waals surface area (Å²) >= 11 is 0. The van der Waals surface area contributed by atoms with Crippen LogP contribution in [0.3, 0.4) is 0 Å². The summed E-state index contributed by atoms with van der Waals surface area (Å²) in [5, 5.41) is 12.3. The van der Waals surface area contributed by atoms with Crippen molar-refractivity contribution in [2.45, 2.75) is 37.5 Å². The van der Waals surface area contributed by atoms with E-state index in [9.17, 15) is 14.7 Å². The fraction of sp³-hybridized carbons (Fsp3) is 0.500. The molecule has 120 valence electrons. The van der Waals surface area contributed by atoms with E-state index in [0.29, 0.717) is 18.4 Å². The number of benzene rings is 1. The first-order valence-corrected chi connectivity index (χ1v) is 7.33. The van der Waals surface area contributed by atoms with E-state index in [1.807, 2.05) is 6.07 Å². The normalized spacial score (nSPS) is 24.5. The lowest BCUT2D eigenvalue weighted by atomic mass is 9.97. The molecule has 0 spiro atoms. The highest BCUT2D eigenvalue weighted by Gasteiger charge is 2.33. The van der Waals surface area contributed by atoms with Crippen molar-refractivity contribution in [2.24, 2.45) is 0 Å². The van der Waals surface area contributed by atoms with E-state index in [0.717, 1.165) is 0 Å². The molecule has 1 aliphatic rings. The fourth-order valence-corrected chi connectivity index (χ4v) is 2.56. The molecule has 1 aromatic carbocycles. The van der Waals surface area contributed by atoms with Gasteiger partial charge in [0.1, 0.15) is 6.10 Å². The molecule has 1 saturated heterocycles. The van der Waals surface area contributed by atoms with Gasteiger partial charge in [0.25, 0.3) is 5.91 Å². The first-order valence-electron chi connectivity index (χ1n) is 7.33. The van der Waals surface area contributed by atoms with Gasteiger partial charge in [-0.3, -0.25) is 9.59 Å². The van der Waals surface area contributed by atoms with Crippen LogP contribution < -0.4 is 5.32 Å². The Hall–Kier alpha value is -1.92. The summed E-state index contributed by atoms with van der Waals surface area (Å²) < 4.78 is 10.3. The van der Waals surface area contributed by atoms with E-state index < -0.39 is 6.10 Å². The lowest BCUT2D eigenvalue weighted by molar-refractivity contribution is -0.149. The molecule has 22 heavy (non-hydrogen) atoms. The molecule has 6 heteroatoms. The topological polar surface area (TPSA) is 84.9 Å². The summed E-state index contributed by atoms with van der Waals surface area (Å²) in [6.07, 6.45) is 0.633. The van der Waals surface area contributed by atoms with Crippen molar-refractivity contribution >= 4 is 11.9 Å². The third-order valence-corrected chi connectivity index (χ3v) is 3.77. The van der Waals surface area contributed by atoms with Crippen molar-refractivity contribution in [3.63, 3.8) is 0 Å². The molecular weight excluding hydrogens is 286 g/mol. The second-order valence-electron chi connectivity index (χ2n) is 5.28. The summed E-state index contributed by atoms with van der Waals surface area (Å²) in [6.45, 7) is -0.211. The van der Waals surface area contributed by atoms with E-state index in [2.05, 4.69) is 10.1 Å². The summed E-state index contributed by atoms with van der Waals surface area (Å²) in [4.78, 5) is 23.4. The molecule has 0 radical (unpaired) electrons. The minimum absolute atomic E-state index is 0.159. The van der Waals surface area contributed by atoms with Crippen LogP contribution in [0.25, 0.3) is 0 Å². The highest BCUT2D eigenvalue weighted by Crippen LogP contribution is 2.22. The molecule has 2 N–H and O–H groups in total. The number of methoxy groups -OCH3 is 1. The zero-order valence-corrected chi connectivity index (χ0v) is 12.5. The van der Waals surface area contributed by atoms with Crippen molar-refractivity contribution in [1.82, 2.24) is 5.32 Å². The second-order valence-corrected chi connectivity index (χ2v) is 5.28.